The summed E-state index contributed by atoms with van der Waals surface area (Å²) in [5, 5.41) is 9.79. The second-order valence-corrected chi connectivity index (χ2v) is 7.05. The van der Waals surface area contributed by atoms with Gasteiger partial charge in [0.25, 0.3) is 0 Å². The lowest BCUT2D eigenvalue weighted by atomic mass is 10.2. The van der Waals surface area contributed by atoms with Crippen LogP contribution >= 0.6 is 15.9 Å². The predicted octanol–water partition coefficient (Wildman–Crippen LogP) is 3.16. The number of fused-ring (bicyclic) bond motifs is 1. The number of nitrogens with two attached hydrogens (primary N) is 1. The van der Waals surface area contributed by atoms with Crippen molar-refractivity contribution in [3.63, 3.8) is 0 Å². The summed E-state index contributed by atoms with van der Waals surface area (Å²) in [7, 11) is 0. The van der Waals surface area contributed by atoms with E-state index in [0.29, 0.717) is 15.9 Å². The van der Waals surface area contributed by atoms with Gasteiger partial charge in [0.15, 0.2) is 17.8 Å². The number of pyridine rings is 1. The van der Waals surface area contributed by atoms with E-state index in [2.05, 4.69) is 36.4 Å². The van der Waals surface area contributed by atoms with Gasteiger partial charge in [0.1, 0.15) is 5.56 Å². The Bertz CT molecular complexity index is 1090. The Morgan fingerprint density at radius 3 is 2.73 bits per heavy atom. The maximum Gasteiger partial charge on any atom is 0.420 e. The van der Waals surface area contributed by atoms with Crippen molar-refractivity contribution in [2.24, 2.45) is 5.73 Å². The highest BCUT2D eigenvalue weighted by molar-refractivity contribution is 9.10. The monoisotopic (exact) mass is 483 g/mol. The topological polar surface area (TPSA) is 111 Å². The van der Waals surface area contributed by atoms with Crippen molar-refractivity contribution in [3.8, 4) is 11.6 Å². The van der Waals surface area contributed by atoms with Crippen molar-refractivity contribution in [3.05, 3.63) is 52.9 Å². The maximum absolute atomic E-state index is 13.5. The van der Waals surface area contributed by atoms with Crippen LogP contribution in [0, 0.1) is 0 Å². The molecule has 0 saturated heterocycles. The van der Waals surface area contributed by atoms with E-state index in [1.165, 1.54) is 17.3 Å². The number of halogens is 4. The van der Waals surface area contributed by atoms with E-state index in [1.807, 2.05) is 0 Å². The van der Waals surface area contributed by atoms with Crippen LogP contribution in [0.15, 0.2) is 47.3 Å². The van der Waals surface area contributed by atoms with Gasteiger partial charge >= 0.3 is 12.2 Å². The van der Waals surface area contributed by atoms with Crippen molar-refractivity contribution in [2.45, 2.75) is 12.4 Å². The third-order valence-corrected chi connectivity index (χ3v) is 4.77. The van der Waals surface area contributed by atoms with Crippen LogP contribution in [0.5, 0.6) is 5.75 Å². The van der Waals surface area contributed by atoms with Gasteiger partial charge in [0.05, 0.1) is 41.0 Å². The normalized spacial score (nSPS) is 16.0. The number of benzene rings is 1. The van der Waals surface area contributed by atoms with Gasteiger partial charge in [-0.25, -0.2) is 9.78 Å². The highest BCUT2D eigenvalue weighted by Gasteiger charge is 2.36. The van der Waals surface area contributed by atoms with Crippen LogP contribution in [0.2, 0.25) is 0 Å². The number of urea groups is 1. The molecule has 2 amide bonds. The van der Waals surface area contributed by atoms with E-state index in [9.17, 15) is 18.0 Å². The van der Waals surface area contributed by atoms with E-state index < -0.39 is 29.8 Å². The first-order valence-corrected chi connectivity index (χ1v) is 9.26. The first kappa shape index (κ1) is 20.1. The molecule has 9 nitrogen and oxygen atoms in total. The number of carbonyl (C=O) groups excluding carboxylic acids is 1. The average Bonchev–Trinajstić information content (AvgIpc) is 3.22. The number of rotatable bonds is 2. The highest BCUT2D eigenvalue weighted by Crippen LogP contribution is 2.39. The standard InChI is InChI=1S/C17H13BrF3N7O2/c18-11-2-1-3-12-14(11)30-13(22)8-27(12)16(29)26-9-6-10(17(19,20)21)15(23-7-9)28-24-4-5-25-28/h1-7,13H,8,22H2,(H,26,29). The molecular weight excluding hydrogens is 471 g/mol. The lowest BCUT2D eigenvalue weighted by Gasteiger charge is -2.33. The fraction of sp³-hybridized carbons (Fsp3) is 0.176. The molecule has 0 spiro atoms. The van der Waals surface area contributed by atoms with Gasteiger partial charge in [0.2, 0.25) is 0 Å². The Morgan fingerprint density at radius 1 is 1.30 bits per heavy atom. The van der Waals surface area contributed by atoms with Crippen LogP contribution in [0.1, 0.15) is 5.56 Å². The molecule has 0 bridgehead atoms. The molecule has 3 heterocycles. The minimum atomic E-state index is -4.74. The zero-order chi connectivity index (χ0) is 21.5. The molecule has 1 aliphatic rings. The number of aromatic nitrogens is 4. The number of alkyl halides is 3. The largest absolute Gasteiger partial charge is 0.470 e. The molecule has 3 N–H and O–H groups in total. The highest BCUT2D eigenvalue weighted by atomic mass is 79.9. The van der Waals surface area contributed by atoms with Gasteiger partial charge in [-0.15, -0.1) is 4.80 Å². The van der Waals surface area contributed by atoms with Gasteiger partial charge in [0, 0.05) is 0 Å². The van der Waals surface area contributed by atoms with Crippen LogP contribution in [0.4, 0.5) is 29.3 Å². The molecule has 3 aromatic rings. The van der Waals surface area contributed by atoms with Crippen LogP contribution < -0.4 is 20.7 Å². The zero-order valence-corrected chi connectivity index (χ0v) is 16.6. The van der Waals surface area contributed by atoms with Crippen molar-refractivity contribution in [2.75, 3.05) is 16.8 Å². The number of nitrogens with one attached hydrogen (secondary N) is 1. The number of carbonyl (C=O) groups is 1. The fourth-order valence-electron chi connectivity index (χ4n) is 2.90. The predicted molar refractivity (Wildman–Crippen MR) is 103 cm³/mol. The first-order chi connectivity index (χ1) is 14.2. The molecule has 1 unspecified atom stereocenters. The van der Waals surface area contributed by atoms with E-state index >= 15 is 0 Å². The van der Waals surface area contributed by atoms with Crippen molar-refractivity contribution in [1.82, 2.24) is 20.0 Å². The maximum atomic E-state index is 13.5. The van der Waals surface area contributed by atoms with Crippen molar-refractivity contribution >= 4 is 33.3 Å². The first-order valence-electron chi connectivity index (χ1n) is 8.47. The molecule has 1 atom stereocenters. The summed E-state index contributed by atoms with van der Waals surface area (Å²) in [6, 6.07) is 5.13. The number of para-hydroxylation sites is 1. The summed E-state index contributed by atoms with van der Waals surface area (Å²) in [6.45, 7) is 0.00410. The van der Waals surface area contributed by atoms with Gasteiger partial charge in [-0.05, 0) is 34.1 Å². The lowest BCUT2D eigenvalue weighted by molar-refractivity contribution is -0.137. The Balaban J connectivity index is 1.65. The molecular formula is C17H13BrF3N7O2. The summed E-state index contributed by atoms with van der Waals surface area (Å²) < 4.78 is 46.7. The Hall–Kier alpha value is -3.19. The van der Waals surface area contributed by atoms with Gasteiger partial charge in [-0.2, -0.15) is 23.4 Å². The lowest BCUT2D eigenvalue weighted by Crippen LogP contribution is -2.49. The van der Waals surface area contributed by atoms with Gasteiger partial charge < -0.3 is 10.1 Å². The molecule has 30 heavy (non-hydrogen) atoms. The Kier molecular flexibility index (Phi) is 5.07. The molecule has 1 aromatic carbocycles. The summed E-state index contributed by atoms with van der Waals surface area (Å²) >= 11 is 3.32. The summed E-state index contributed by atoms with van der Waals surface area (Å²) in [4.78, 5) is 18.6. The number of hydrogen-bond acceptors (Lipinski definition) is 6. The van der Waals surface area contributed by atoms with Crippen LogP contribution in [0.25, 0.3) is 5.82 Å². The number of amides is 2. The Morgan fingerprint density at radius 2 is 2.03 bits per heavy atom. The second kappa shape index (κ2) is 7.57. The molecule has 0 fully saturated rings. The van der Waals surface area contributed by atoms with E-state index in [0.717, 1.165) is 17.1 Å². The quantitative estimate of drug-likeness (QED) is 0.579. The summed E-state index contributed by atoms with van der Waals surface area (Å²) in [5.74, 6) is -0.145. The average molecular weight is 484 g/mol. The molecule has 0 aliphatic carbocycles. The van der Waals surface area contributed by atoms with Gasteiger partial charge in [-0.3, -0.25) is 10.6 Å². The molecule has 13 heteroatoms. The summed E-state index contributed by atoms with van der Waals surface area (Å²) in [6.07, 6.45) is -1.99. The second-order valence-electron chi connectivity index (χ2n) is 6.20. The molecule has 0 saturated carbocycles. The van der Waals surface area contributed by atoms with Crippen molar-refractivity contribution in [1.29, 1.82) is 0 Å². The van der Waals surface area contributed by atoms with Crippen LogP contribution in [0.3, 0.4) is 0 Å². The third kappa shape index (κ3) is 3.80. The van der Waals surface area contributed by atoms with E-state index in [1.54, 1.807) is 18.2 Å². The van der Waals surface area contributed by atoms with Crippen LogP contribution in [-0.2, 0) is 6.18 Å². The minimum absolute atomic E-state index is 0.00410. The molecule has 1 aliphatic heterocycles. The number of nitrogens with zero attached hydrogens (tertiary/aromatic N) is 5. The van der Waals surface area contributed by atoms with Crippen LogP contribution in [-0.4, -0.2) is 38.8 Å². The third-order valence-electron chi connectivity index (χ3n) is 4.15. The molecule has 2 aromatic heterocycles. The smallest absolute Gasteiger partial charge is 0.420 e. The number of ether oxygens (including phenoxy) is 1. The zero-order valence-electron chi connectivity index (χ0n) is 15.0. The Labute approximate surface area is 175 Å². The van der Waals surface area contributed by atoms with E-state index in [4.69, 9.17) is 10.5 Å². The molecule has 156 valence electrons. The minimum Gasteiger partial charge on any atom is -0.470 e. The molecule has 4 rings (SSSR count). The van der Waals surface area contributed by atoms with E-state index in [-0.39, 0.29) is 12.2 Å². The van der Waals surface area contributed by atoms with Crippen molar-refractivity contribution < 1.29 is 22.7 Å². The summed E-state index contributed by atoms with van der Waals surface area (Å²) in [5.41, 5.74) is 5.02. The number of hydrogen-bond donors (Lipinski definition) is 2. The fourth-order valence-corrected chi connectivity index (χ4v) is 3.35. The molecule has 0 radical (unpaired) electrons. The van der Waals surface area contributed by atoms with Gasteiger partial charge in [-0.1, -0.05) is 6.07 Å². The SMILES string of the molecule is NC1CN(C(=O)Nc2cnc(-n3nccn3)c(C(F)(F)F)c2)c2cccc(Br)c2O1. The number of anilines is 2.